The lowest BCUT2D eigenvalue weighted by Gasteiger charge is -2.10. The molecule has 7 heteroatoms. The summed E-state index contributed by atoms with van der Waals surface area (Å²) in [5.41, 5.74) is 1.12. The van der Waals surface area contributed by atoms with E-state index < -0.39 is 5.69 Å². The summed E-state index contributed by atoms with van der Waals surface area (Å²) in [6, 6.07) is 9.50. The molecule has 1 amide bonds. The zero-order valence-electron chi connectivity index (χ0n) is 14.2. The van der Waals surface area contributed by atoms with Gasteiger partial charge in [0.05, 0.1) is 5.39 Å². The standard InChI is InChI=1S/C19H19N3O3S/c23-15(20-10-12-6-2-1-3-7-12)11-22-18(24)16-13-8-4-5-9-14(13)26-17(16)21-19(22)25/h1-3,6-7H,4-5,8-11H2,(H,20,23)(H,21,25). The van der Waals surface area contributed by atoms with E-state index in [-0.39, 0.29) is 18.0 Å². The number of aromatic amines is 1. The normalized spacial score (nSPS) is 13.5. The van der Waals surface area contributed by atoms with Crippen LogP contribution in [0.15, 0.2) is 39.9 Å². The zero-order valence-corrected chi connectivity index (χ0v) is 15.0. The van der Waals surface area contributed by atoms with E-state index in [1.807, 2.05) is 30.3 Å². The van der Waals surface area contributed by atoms with E-state index in [1.54, 1.807) is 0 Å². The predicted molar refractivity (Wildman–Crippen MR) is 102 cm³/mol. The van der Waals surface area contributed by atoms with Crippen molar-refractivity contribution in [3.8, 4) is 0 Å². The molecule has 0 fully saturated rings. The van der Waals surface area contributed by atoms with Crippen molar-refractivity contribution < 1.29 is 4.79 Å². The van der Waals surface area contributed by atoms with Gasteiger partial charge in [0, 0.05) is 11.4 Å². The maximum atomic E-state index is 12.9. The maximum absolute atomic E-state index is 12.9. The third-order valence-electron chi connectivity index (χ3n) is 4.73. The molecule has 0 bridgehead atoms. The van der Waals surface area contributed by atoms with Gasteiger partial charge in [0.25, 0.3) is 5.56 Å². The second kappa shape index (κ2) is 6.92. The Hall–Kier alpha value is -2.67. The van der Waals surface area contributed by atoms with E-state index in [1.165, 1.54) is 16.2 Å². The molecule has 4 rings (SSSR count). The summed E-state index contributed by atoms with van der Waals surface area (Å²) in [7, 11) is 0. The first-order valence-corrected chi connectivity index (χ1v) is 9.53. The minimum atomic E-state index is -0.532. The van der Waals surface area contributed by atoms with Crippen molar-refractivity contribution in [1.82, 2.24) is 14.9 Å². The fourth-order valence-electron chi connectivity index (χ4n) is 3.41. The number of benzene rings is 1. The molecule has 2 heterocycles. The number of nitrogens with one attached hydrogen (secondary N) is 2. The molecular formula is C19H19N3O3S. The summed E-state index contributed by atoms with van der Waals surface area (Å²) in [6.45, 7) is 0.0873. The molecular weight excluding hydrogens is 350 g/mol. The number of hydrogen-bond acceptors (Lipinski definition) is 4. The summed E-state index contributed by atoms with van der Waals surface area (Å²) in [4.78, 5) is 42.0. The van der Waals surface area contributed by atoms with E-state index in [2.05, 4.69) is 10.3 Å². The first kappa shape index (κ1) is 16.8. The molecule has 0 atom stereocenters. The summed E-state index contributed by atoms with van der Waals surface area (Å²) >= 11 is 1.49. The number of hydrogen-bond donors (Lipinski definition) is 2. The molecule has 0 radical (unpaired) electrons. The quantitative estimate of drug-likeness (QED) is 0.737. The third kappa shape index (κ3) is 3.10. The van der Waals surface area contributed by atoms with E-state index in [0.29, 0.717) is 16.8 Å². The van der Waals surface area contributed by atoms with Gasteiger partial charge in [-0.15, -0.1) is 11.3 Å². The molecule has 0 unspecified atom stereocenters. The summed E-state index contributed by atoms with van der Waals surface area (Å²) in [5, 5.41) is 3.34. The van der Waals surface area contributed by atoms with Crippen molar-refractivity contribution in [2.75, 3.05) is 0 Å². The van der Waals surface area contributed by atoms with Crippen LogP contribution in [0.3, 0.4) is 0 Å². The Bertz CT molecular complexity index is 1080. The summed E-state index contributed by atoms with van der Waals surface area (Å²) in [6.07, 6.45) is 3.97. The van der Waals surface area contributed by atoms with Gasteiger partial charge >= 0.3 is 5.69 Å². The number of H-pyrrole nitrogens is 1. The van der Waals surface area contributed by atoms with Crippen LogP contribution in [0.4, 0.5) is 0 Å². The van der Waals surface area contributed by atoms with Crippen LogP contribution >= 0.6 is 11.3 Å². The highest BCUT2D eigenvalue weighted by atomic mass is 32.1. The molecule has 0 saturated heterocycles. The Morgan fingerprint density at radius 3 is 2.73 bits per heavy atom. The van der Waals surface area contributed by atoms with Gasteiger partial charge < -0.3 is 5.32 Å². The van der Waals surface area contributed by atoms with Crippen LogP contribution in [-0.4, -0.2) is 15.5 Å². The molecule has 1 aromatic carbocycles. The van der Waals surface area contributed by atoms with Crippen LogP contribution in [0.2, 0.25) is 0 Å². The van der Waals surface area contributed by atoms with Crippen LogP contribution < -0.4 is 16.6 Å². The van der Waals surface area contributed by atoms with Crippen molar-refractivity contribution in [3.05, 3.63) is 67.2 Å². The molecule has 2 N–H and O–H groups in total. The van der Waals surface area contributed by atoms with Crippen molar-refractivity contribution >= 4 is 27.5 Å². The minimum absolute atomic E-state index is 0.276. The predicted octanol–water partition coefficient (Wildman–Crippen LogP) is 1.95. The molecule has 0 saturated carbocycles. The number of fused-ring (bicyclic) bond motifs is 3. The second-order valence-electron chi connectivity index (χ2n) is 6.50. The molecule has 26 heavy (non-hydrogen) atoms. The Labute approximate surface area is 153 Å². The molecule has 1 aliphatic carbocycles. The monoisotopic (exact) mass is 369 g/mol. The zero-order chi connectivity index (χ0) is 18.1. The Kier molecular flexibility index (Phi) is 4.46. The number of aromatic nitrogens is 2. The van der Waals surface area contributed by atoms with Gasteiger partial charge in [-0.1, -0.05) is 30.3 Å². The molecule has 3 aromatic rings. The van der Waals surface area contributed by atoms with Gasteiger partial charge in [-0.25, -0.2) is 4.79 Å². The number of rotatable bonds is 4. The Morgan fingerprint density at radius 2 is 1.92 bits per heavy atom. The van der Waals surface area contributed by atoms with Crippen LogP contribution in [0.1, 0.15) is 28.8 Å². The third-order valence-corrected chi connectivity index (χ3v) is 5.94. The van der Waals surface area contributed by atoms with Gasteiger partial charge in [0.2, 0.25) is 5.91 Å². The van der Waals surface area contributed by atoms with Gasteiger partial charge in [0.1, 0.15) is 11.4 Å². The second-order valence-corrected chi connectivity index (χ2v) is 7.60. The molecule has 2 aromatic heterocycles. The van der Waals surface area contributed by atoms with E-state index in [0.717, 1.165) is 41.4 Å². The number of carbonyl (C=O) groups is 1. The van der Waals surface area contributed by atoms with Gasteiger partial charge in [-0.05, 0) is 36.8 Å². The van der Waals surface area contributed by atoms with Crippen molar-refractivity contribution in [1.29, 1.82) is 0 Å². The average Bonchev–Trinajstić information content (AvgIpc) is 3.02. The van der Waals surface area contributed by atoms with Crippen molar-refractivity contribution in [2.24, 2.45) is 0 Å². The van der Waals surface area contributed by atoms with Crippen LogP contribution in [0, 0.1) is 0 Å². The van der Waals surface area contributed by atoms with Crippen molar-refractivity contribution in [2.45, 2.75) is 38.8 Å². The number of nitrogens with zero attached hydrogens (tertiary/aromatic N) is 1. The number of carbonyl (C=O) groups excluding carboxylic acids is 1. The summed E-state index contributed by atoms with van der Waals surface area (Å²) < 4.78 is 1.00. The van der Waals surface area contributed by atoms with Crippen LogP contribution in [0.5, 0.6) is 0 Å². The SMILES string of the molecule is O=C(Cn1c(=O)[nH]c2sc3c(c2c1=O)CCCC3)NCc1ccccc1. The molecule has 0 spiro atoms. The smallest absolute Gasteiger partial charge is 0.329 e. The lowest BCUT2D eigenvalue weighted by Crippen LogP contribution is -2.40. The van der Waals surface area contributed by atoms with E-state index in [4.69, 9.17) is 0 Å². The number of thiophene rings is 1. The lowest BCUT2D eigenvalue weighted by atomic mass is 9.97. The first-order chi connectivity index (χ1) is 12.6. The summed E-state index contributed by atoms with van der Waals surface area (Å²) in [5.74, 6) is -0.357. The van der Waals surface area contributed by atoms with E-state index in [9.17, 15) is 14.4 Å². The van der Waals surface area contributed by atoms with Gasteiger partial charge in [-0.3, -0.25) is 19.1 Å². The first-order valence-electron chi connectivity index (χ1n) is 8.71. The highest BCUT2D eigenvalue weighted by molar-refractivity contribution is 7.18. The largest absolute Gasteiger partial charge is 0.350 e. The average molecular weight is 369 g/mol. The van der Waals surface area contributed by atoms with Gasteiger partial charge in [-0.2, -0.15) is 0 Å². The fourth-order valence-corrected chi connectivity index (χ4v) is 4.68. The van der Waals surface area contributed by atoms with E-state index >= 15 is 0 Å². The topological polar surface area (TPSA) is 84.0 Å². The number of amides is 1. The molecule has 0 aliphatic heterocycles. The highest BCUT2D eigenvalue weighted by Crippen LogP contribution is 2.32. The van der Waals surface area contributed by atoms with Gasteiger partial charge in [0.15, 0.2) is 0 Å². The fraction of sp³-hybridized carbons (Fsp3) is 0.316. The van der Waals surface area contributed by atoms with Crippen LogP contribution in [0.25, 0.3) is 10.2 Å². The molecule has 134 valence electrons. The van der Waals surface area contributed by atoms with Crippen molar-refractivity contribution in [3.63, 3.8) is 0 Å². The maximum Gasteiger partial charge on any atom is 0.329 e. The Balaban J connectivity index is 1.61. The number of aryl methyl sites for hydroxylation is 2. The highest BCUT2D eigenvalue weighted by Gasteiger charge is 2.21. The molecule has 6 nitrogen and oxygen atoms in total. The lowest BCUT2D eigenvalue weighted by molar-refractivity contribution is -0.121. The van der Waals surface area contributed by atoms with Crippen LogP contribution in [-0.2, 0) is 30.7 Å². The molecule has 1 aliphatic rings. The minimum Gasteiger partial charge on any atom is -0.350 e. The Morgan fingerprint density at radius 1 is 1.15 bits per heavy atom.